The first kappa shape index (κ1) is 17.3. The molecule has 1 heterocycles. The molecule has 2 rings (SSSR count). The van der Waals surface area contributed by atoms with E-state index >= 15 is 0 Å². The number of carbonyl (C=O) groups is 1. The summed E-state index contributed by atoms with van der Waals surface area (Å²) in [5.74, 6) is -0.0922. The number of benzene rings is 1. The largest absolute Gasteiger partial charge is 0.396 e. The maximum Gasteiger partial charge on any atom is 0.321 e. The van der Waals surface area contributed by atoms with Crippen LogP contribution in [0.15, 0.2) is 24.3 Å². The van der Waals surface area contributed by atoms with Crippen LogP contribution in [0.25, 0.3) is 0 Å². The number of amides is 2. The molecule has 0 bridgehead atoms. The molecular formula is C15H19FN4O2S. The third-order valence-electron chi connectivity index (χ3n) is 3.16. The fourth-order valence-corrected chi connectivity index (χ4v) is 2.70. The van der Waals surface area contributed by atoms with Gasteiger partial charge in [0, 0.05) is 19.6 Å². The summed E-state index contributed by atoms with van der Waals surface area (Å²) < 4.78 is 13.1. The van der Waals surface area contributed by atoms with Gasteiger partial charge in [-0.2, -0.15) is 0 Å². The fraction of sp³-hybridized carbons (Fsp3) is 0.400. The molecule has 0 aliphatic rings. The number of anilines is 1. The van der Waals surface area contributed by atoms with Gasteiger partial charge in [0.05, 0.1) is 0 Å². The van der Waals surface area contributed by atoms with Crippen LogP contribution in [0.2, 0.25) is 0 Å². The molecule has 0 spiro atoms. The van der Waals surface area contributed by atoms with Gasteiger partial charge in [-0.25, -0.2) is 9.18 Å². The van der Waals surface area contributed by atoms with E-state index in [4.69, 9.17) is 5.11 Å². The predicted molar refractivity (Wildman–Crippen MR) is 87.0 cm³/mol. The highest BCUT2D eigenvalue weighted by atomic mass is 32.1. The highest BCUT2D eigenvalue weighted by Crippen LogP contribution is 2.18. The Balaban J connectivity index is 1.83. The molecule has 0 fully saturated rings. The molecule has 2 aromatic rings. The molecule has 8 heteroatoms. The van der Waals surface area contributed by atoms with Crippen LogP contribution in [-0.4, -0.2) is 34.5 Å². The Morgan fingerprint density at radius 2 is 2.26 bits per heavy atom. The predicted octanol–water partition coefficient (Wildman–Crippen LogP) is 2.41. The van der Waals surface area contributed by atoms with Crippen molar-refractivity contribution >= 4 is 22.5 Å². The van der Waals surface area contributed by atoms with Gasteiger partial charge in [0.25, 0.3) is 0 Å². The van der Waals surface area contributed by atoms with Gasteiger partial charge in [-0.1, -0.05) is 30.4 Å². The van der Waals surface area contributed by atoms with E-state index in [0.29, 0.717) is 29.5 Å². The van der Waals surface area contributed by atoms with Crippen LogP contribution < -0.4 is 10.6 Å². The molecule has 0 saturated heterocycles. The first-order valence-electron chi connectivity index (χ1n) is 7.29. The van der Waals surface area contributed by atoms with Gasteiger partial charge in [0.2, 0.25) is 5.13 Å². The minimum Gasteiger partial charge on any atom is -0.396 e. The monoisotopic (exact) mass is 338 g/mol. The third kappa shape index (κ3) is 5.91. The van der Waals surface area contributed by atoms with Crippen molar-refractivity contribution in [2.24, 2.45) is 5.92 Å². The smallest absolute Gasteiger partial charge is 0.321 e. The van der Waals surface area contributed by atoms with Crippen molar-refractivity contribution in [2.75, 3.05) is 18.5 Å². The Labute approximate surface area is 137 Å². The normalized spacial score (nSPS) is 12.0. The standard InChI is InChI=1S/C15H19FN4O2S/c1-10(5-6-21)9-17-14(22)18-15-20-19-13(23-15)8-11-3-2-4-12(16)7-11/h2-4,7,10,21H,5-6,8-9H2,1H3,(H2,17,18,20,22). The molecule has 0 radical (unpaired) electrons. The Morgan fingerprint density at radius 1 is 1.43 bits per heavy atom. The van der Waals surface area contributed by atoms with E-state index in [1.165, 1.54) is 23.5 Å². The summed E-state index contributed by atoms with van der Waals surface area (Å²) in [7, 11) is 0. The first-order valence-corrected chi connectivity index (χ1v) is 8.11. The number of halogens is 1. The van der Waals surface area contributed by atoms with Gasteiger partial charge < -0.3 is 10.4 Å². The lowest BCUT2D eigenvalue weighted by Gasteiger charge is -2.10. The average molecular weight is 338 g/mol. The molecule has 1 aromatic carbocycles. The summed E-state index contributed by atoms with van der Waals surface area (Å²) >= 11 is 1.25. The van der Waals surface area contributed by atoms with Crippen molar-refractivity contribution in [3.05, 3.63) is 40.7 Å². The van der Waals surface area contributed by atoms with Crippen LogP contribution in [0.1, 0.15) is 23.9 Å². The van der Waals surface area contributed by atoms with E-state index in [0.717, 1.165) is 5.56 Å². The molecule has 1 unspecified atom stereocenters. The van der Waals surface area contributed by atoms with Crippen LogP contribution in [0.3, 0.4) is 0 Å². The van der Waals surface area contributed by atoms with E-state index in [1.54, 1.807) is 6.07 Å². The van der Waals surface area contributed by atoms with E-state index in [9.17, 15) is 9.18 Å². The zero-order valence-electron chi connectivity index (χ0n) is 12.8. The van der Waals surface area contributed by atoms with Gasteiger partial charge >= 0.3 is 6.03 Å². The van der Waals surface area contributed by atoms with E-state index in [2.05, 4.69) is 20.8 Å². The highest BCUT2D eigenvalue weighted by Gasteiger charge is 2.10. The maximum atomic E-state index is 13.1. The summed E-state index contributed by atoms with van der Waals surface area (Å²) in [6, 6.07) is 5.93. The molecule has 3 N–H and O–H groups in total. The van der Waals surface area contributed by atoms with Crippen LogP contribution in [0.4, 0.5) is 14.3 Å². The van der Waals surface area contributed by atoms with Crippen LogP contribution in [0.5, 0.6) is 0 Å². The number of hydrogen-bond donors (Lipinski definition) is 3. The quantitative estimate of drug-likeness (QED) is 0.723. The van der Waals surface area contributed by atoms with Crippen molar-refractivity contribution in [2.45, 2.75) is 19.8 Å². The molecule has 1 aromatic heterocycles. The maximum absolute atomic E-state index is 13.1. The van der Waals surface area contributed by atoms with Gasteiger partial charge in [-0.05, 0) is 30.0 Å². The molecule has 6 nitrogen and oxygen atoms in total. The Hall–Kier alpha value is -2.06. The van der Waals surface area contributed by atoms with Crippen molar-refractivity contribution in [1.29, 1.82) is 0 Å². The van der Waals surface area contributed by atoms with Gasteiger partial charge in [-0.3, -0.25) is 5.32 Å². The lowest BCUT2D eigenvalue weighted by Crippen LogP contribution is -2.32. The molecule has 124 valence electrons. The van der Waals surface area contributed by atoms with Crippen LogP contribution in [0, 0.1) is 11.7 Å². The number of carbonyl (C=O) groups excluding carboxylic acids is 1. The zero-order valence-corrected chi connectivity index (χ0v) is 13.6. The SMILES string of the molecule is CC(CCO)CNC(=O)Nc1nnc(Cc2cccc(F)c2)s1. The second-order valence-electron chi connectivity index (χ2n) is 5.26. The minimum atomic E-state index is -0.358. The lowest BCUT2D eigenvalue weighted by atomic mass is 10.1. The van der Waals surface area contributed by atoms with Crippen molar-refractivity contribution in [1.82, 2.24) is 15.5 Å². The van der Waals surface area contributed by atoms with Crippen molar-refractivity contribution in [3.63, 3.8) is 0 Å². The summed E-state index contributed by atoms with van der Waals surface area (Å²) in [6.07, 6.45) is 1.10. The van der Waals surface area contributed by atoms with E-state index in [1.807, 2.05) is 13.0 Å². The Kier molecular flexibility index (Phi) is 6.42. The molecular weight excluding hydrogens is 319 g/mol. The molecule has 0 aliphatic carbocycles. The third-order valence-corrected chi connectivity index (χ3v) is 4.00. The number of aliphatic hydroxyl groups is 1. The van der Waals surface area contributed by atoms with Crippen molar-refractivity contribution < 1.29 is 14.3 Å². The number of nitrogens with zero attached hydrogens (tertiary/aromatic N) is 2. The highest BCUT2D eigenvalue weighted by molar-refractivity contribution is 7.15. The molecule has 2 amide bonds. The van der Waals surface area contributed by atoms with Gasteiger partial charge in [0.15, 0.2) is 0 Å². The first-order chi connectivity index (χ1) is 11.1. The van der Waals surface area contributed by atoms with E-state index in [-0.39, 0.29) is 24.4 Å². The number of hydrogen-bond acceptors (Lipinski definition) is 5. The Morgan fingerprint density at radius 3 is 3.00 bits per heavy atom. The fourth-order valence-electron chi connectivity index (χ4n) is 1.93. The average Bonchev–Trinajstić information content (AvgIpc) is 2.92. The number of nitrogens with one attached hydrogen (secondary N) is 2. The topological polar surface area (TPSA) is 87.1 Å². The van der Waals surface area contributed by atoms with Gasteiger partial charge in [-0.15, -0.1) is 10.2 Å². The Bertz CT molecular complexity index is 650. The number of aliphatic hydroxyl groups excluding tert-OH is 1. The van der Waals surface area contributed by atoms with Gasteiger partial charge in [0.1, 0.15) is 10.8 Å². The molecule has 23 heavy (non-hydrogen) atoms. The lowest BCUT2D eigenvalue weighted by molar-refractivity contribution is 0.243. The second kappa shape index (κ2) is 8.54. The summed E-state index contributed by atoms with van der Waals surface area (Å²) in [5.41, 5.74) is 0.801. The van der Waals surface area contributed by atoms with Crippen LogP contribution >= 0.6 is 11.3 Å². The molecule has 0 aliphatic heterocycles. The second-order valence-corrected chi connectivity index (χ2v) is 6.32. The minimum absolute atomic E-state index is 0.101. The molecule has 0 saturated carbocycles. The van der Waals surface area contributed by atoms with Crippen molar-refractivity contribution in [3.8, 4) is 0 Å². The number of urea groups is 1. The van der Waals surface area contributed by atoms with E-state index < -0.39 is 0 Å². The van der Waals surface area contributed by atoms with Crippen LogP contribution in [-0.2, 0) is 6.42 Å². The number of rotatable bonds is 7. The summed E-state index contributed by atoms with van der Waals surface area (Å²) in [4.78, 5) is 11.7. The summed E-state index contributed by atoms with van der Waals surface area (Å²) in [5, 5.41) is 23.1. The summed E-state index contributed by atoms with van der Waals surface area (Å²) in [6.45, 7) is 2.52. The number of aromatic nitrogens is 2. The molecule has 1 atom stereocenters. The zero-order chi connectivity index (χ0) is 16.7.